The topological polar surface area (TPSA) is 30.5 Å². The summed E-state index contributed by atoms with van der Waals surface area (Å²) in [4.78, 5) is 10.6. The van der Waals surface area contributed by atoms with Crippen LogP contribution in [0.4, 0.5) is 0 Å². The first-order valence-electron chi connectivity index (χ1n) is 5.61. The molecule has 0 amide bonds. The summed E-state index contributed by atoms with van der Waals surface area (Å²) in [5.41, 5.74) is 2.12. The van der Waals surface area contributed by atoms with Crippen LogP contribution in [-0.2, 0) is 9.78 Å². The smallest absolute Gasteiger partial charge is 0.171 e. The molecule has 0 spiro atoms. The van der Waals surface area contributed by atoms with Gasteiger partial charge in [-0.25, -0.2) is 9.78 Å². The predicted molar refractivity (Wildman–Crippen MR) is 63.7 cm³/mol. The Labute approximate surface area is 99.9 Å². The van der Waals surface area contributed by atoms with Gasteiger partial charge in [-0.1, -0.05) is 60.7 Å². The molecule has 0 bridgehead atoms. The molecule has 0 unspecified atom stereocenters. The van der Waals surface area contributed by atoms with Gasteiger partial charge < -0.3 is 0 Å². The van der Waals surface area contributed by atoms with Crippen molar-refractivity contribution >= 4 is 0 Å². The maximum Gasteiger partial charge on any atom is 0.171 e. The Hall–Kier alpha value is -1.68. The van der Waals surface area contributed by atoms with Gasteiger partial charge in [-0.05, 0) is 11.1 Å². The second-order valence-corrected chi connectivity index (χ2v) is 3.94. The zero-order valence-electron chi connectivity index (χ0n) is 9.24. The van der Waals surface area contributed by atoms with Crippen LogP contribution in [0, 0.1) is 0 Å². The summed E-state index contributed by atoms with van der Waals surface area (Å²) in [6, 6.07) is 19.9. The van der Waals surface area contributed by atoms with Crippen LogP contribution in [0.15, 0.2) is 60.7 Å². The Bertz CT molecular complexity index is 427. The van der Waals surface area contributed by atoms with Crippen LogP contribution >= 0.6 is 0 Å². The van der Waals surface area contributed by atoms with Gasteiger partial charge in [0, 0.05) is 0 Å². The zero-order chi connectivity index (χ0) is 11.5. The molecule has 0 aromatic heterocycles. The Morgan fingerprint density at radius 3 is 1.47 bits per heavy atom. The van der Waals surface area contributed by atoms with Gasteiger partial charge >= 0.3 is 0 Å². The maximum atomic E-state index is 5.29. The zero-order valence-corrected chi connectivity index (χ0v) is 9.24. The molecule has 17 heavy (non-hydrogen) atoms. The van der Waals surface area contributed by atoms with E-state index in [1.54, 1.807) is 0 Å². The van der Waals surface area contributed by atoms with Gasteiger partial charge in [-0.2, -0.15) is 0 Å². The van der Waals surface area contributed by atoms with Gasteiger partial charge in [0.15, 0.2) is 12.5 Å². The van der Waals surface area contributed by atoms with E-state index in [0.717, 1.165) is 11.1 Å². The largest absolute Gasteiger partial charge is 0.254 e. The van der Waals surface area contributed by atoms with E-state index >= 15 is 0 Å². The van der Waals surface area contributed by atoms with E-state index in [1.807, 2.05) is 60.7 Å². The molecule has 0 radical (unpaired) electrons. The average Bonchev–Trinajstić information content (AvgIpc) is 2.90. The Kier molecular flexibility index (Phi) is 2.88. The van der Waals surface area contributed by atoms with Gasteiger partial charge in [0.1, 0.15) is 0 Å². The summed E-state index contributed by atoms with van der Waals surface area (Å²) in [5, 5.41) is 3.28. The van der Waals surface area contributed by atoms with Crippen LogP contribution in [0.3, 0.4) is 0 Å². The van der Waals surface area contributed by atoms with E-state index in [9.17, 15) is 0 Å². The van der Waals surface area contributed by atoms with E-state index in [4.69, 9.17) is 9.78 Å². The molecular formula is C14H13NO2. The first kappa shape index (κ1) is 10.5. The van der Waals surface area contributed by atoms with Crippen molar-refractivity contribution in [1.82, 2.24) is 5.32 Å². The first-order valence-corrected chi connectivity index (χ1v) is 5.61. The fraction of sp³-hybridized carbons (Fsp3) is 0.143. The van der Waals surface area contributed by atoms with Crippen molar-refractivity contribution in [3.8, 4) is 0 Å². The van der Waals surface area contributed by atoms with E-state index < -0.39 is 0 Å². The molecular weight excluding hydrogens is 214 g/mol. The molecule has 0 saturated carbocycles. The minimum Gasteiger partial charge on any atom is -0.254 e. The highest BCUT2D eigenvalue weighted by molar-refractivity contribution is 5.20. The molecule has 1 N–H and O–H groups in total. The minimum absolute atomic E-state index is 0.207. The first-order chi connectivity index (χ1) is 8.43. The SMILES string of the molecule is c1ccc([C@@H]2N[C@@H](c3ccccc3)OO2)cc1. The van der Waals surface area contributed by atoms with Crippen molar-refractivity contribution in [3.05, 3.63) is 71.8 Å². The van der Waals surface area contributed by atoms with Crippen molar-refractivity contribution < 1.29 is 9.78 Å². The second kappa shape index (κ2) is 4.67. The average molecular weight is 227 g/mol. The fourth-order valence-corrected chi connectivity index (χ4v) is 1.86. The summed E-state index contributed by atoms with van der Waals surface area (Å²) >= 11 is 0. The second-order valence-electron chi connectivity index (χ2n) is 3.94. The predicted octanol–water partition coefficient (Wildman–Crippen LogP) is 2.94. The van der Waals surface area contributed by atoms with E-state index in [0.29, 0.717) is 0 Å². The molecule has 2 aromatic carbocycles. The van der Waals surface area contributed by atoms with Gasteiger partial charge in [-0.15, -0.1) is 0 Å². The molecule has 1 heterocycles. The van der Waals surface area contributed by atoms with E-state index in [2.05, 4.69) is 5.32 Å². The van der Waals surface area contributed by atoms with Crippen LogP contribution in [-0.4, -0.2) is 0 Å². The fourth-order valence-electron chi connectivity index (χ4n) is 1.86. The Balaban J connectivity index is 1.75. The van der Waals surface area contributed by atoms with Crippen LogP contribution in [0.25, 0.3) is 0 Å². The van der Waals surface area contributed by atoms with Gasteiger partial charge in [-0.3, -0.25) is 5.32 Å². The molecule has 1 aliphatic rings. The molecule has 2 atom stereocenters. The third-order valence-electron chi connectivity index (χ3n) is 2.76. The van der Waals surface area contributed by atoms with E-state index in [-0.39, 0.29) is 12.5 Å². The van der Waals surface area contributed by atoms with Crippen molar-refractivity contribution in [2.45, 2.75) is 12.5 Å². The Morgan fingerprint density at radius 1 is 0.647 bits per heavy atom. The molecule has 2 aromatic rings. The minimum atomic E-state index is -0.207. The molecule has 1 fully saturated rings. The van der Waals surface area contributed by atoms with E-state index in [1.165, 1.54) is 0 Å². The number of hydrogen-bond acceptors (Lipinski definition) is 3. The van der Waals surface area contributed by atoms with Crippen LogP contribution in [0.2, 0.25) is 0 Å². The summed E-state index contributed by atoms with van der Waals surface area (Å²) in [6.07, 6.45) is -0.414. The number of nitrogens with one attached hydrogen (secondary N) is 1. The highest BCUT2D eigenvalue weighted by atomic mass is 17.2. The maximum absolute atomic E-state index is 5.29. The lowest BCUT2D eigenvalue weighted by atomic mass is 10.1. The molecule has 3 nitrogen and oxygen atoms in total. The lowest BCUT2D eigenvalue weighted by molar-refractivity contribution is -0.300. The van der Waals surface area contributed by atoms with Crippen molar-refractivity contribution in [1.29, 1.82) is 0 Å². The molecule has 1 aliphatic heterocycles. The molecule has 1 saturated heterocycles. The number of benzene rings is 2. The summed E-state index contributed by atoms with van der Waals surface area (Å²) in [5.74, 6) is 0. The highest BCUT2D eigenvalue weighted by Crippen LogP contribution is 2.29. The normalized spacial score (nSPS) is 23.8. The standard InChI is InChI=1S/C14H13NO2/c1-3-7-11(8-4-1)13-15-14(17-16-13)12-9-5-2-6-10-12/h1-10,13-15H/t13-,14-/m1/s1. The van der Waals surface area contributed by atoms with Crippen LogP contribution in [0.5, 0.6) is 0 Å². The summed E-state index contributed by atoms with van der Waals surface area (Å²) < 4.78 is 0. The Morgan fingerprint density at radius 2 is 1.06 bits per heavy atom. The monoisotopic (exact) mass is 227 g/mol. The lowest BCUT2D eigenvalue weighted by Gasteiger charge is -2.09. The van der Waals surface area contributed by atoms with Crippen LogP contribution < -0.4 is 5.32 Å². The quantitative estimate of drug-likeness (QED) is 0.800. The molecule has 86 valence electrons. The third-order valence-corrected chi connectivity index (χ3v) is 2.76. The number of rotatable bonds is 2. The van der Waals surface area contributed by atoms with Gasteiger partial charge in [0.25, 0.3) is 0 Å². The molecule has 3 rings (SSSR count). The highest BCUT2D eigenvalue weighted by Gasteiger charge is 2.28. The van der Waals surface area contributed by atoms with Crippen molar-refractivity contribution in [2.24, 2.45) is 0 Å². The third kappa shape index (κ3) is 2.22. The van der Waals surface area contributed by atoms with Gasteiger partial charge in [0.2, 0.25) is 0 Å². The molecule has 0 aliphatic carbocycles. The summed E-state index contributed by atoms with van der Waals surface area (Å²) in [6.45, 7) is 0. The van der Waals surface area contributed by atoms with Crippen molar-refractivity contribution in [3.63, 3.8) is 0 Å². The lowest BCUT2D eigenvalue weighted by Crippen LogP contribution is -2.18. The summed E-state index contributed by atoms with van der Waals surface area (Å²) in [7, 11) is 0. The number of hydrogen-bond donors (Lipinski definition) is 1. The van der Waals surface area contributed by atoms with Gasteiger partial charge in [0.05, 0.1) is 0 Å². The molecule has 3 heteroatoms. The van der Waals surface area contributed by atoms with Crippen molar-refractivity contribution in [2.75, 3.05) is 0 Å². The van der Waals surface area contributed by atoms with Crippen LogP contribution in [0.1, 0.15) is 23.6 Å².